The van der Waals surface area contributed by atoms with Gasteiger partial charge in [0.05, 0.1) is 0 Å². The molecule has 0 spiro atoms. The van der Waals surface area contributed by atoms with E-state index in [2.05, 4.69) is 145 Å². The number of hydrogen-bond donors (Lipinski definition) is 0. The van der Waals surface area contributed by atoms with Gasteiger partial charge in [-0.25, -0.2) is 0 Å². The van der Waals surface area contributed by atoms with Crippen LogP contribution in [-0.2, 0) is 6.42 Å². The van der Waals surface area contributed by atoms with Crippen LogP contribution in [0.25, 0.3) is 71.3 Å². The lowest BCUT2D eigenvalue weighted by atomic mass is 9.83. The molecule has 0 amide bonds. The molecule has 6 aromatic carbocycles. The molecule has 0 aliphatic heterocycles. The molecule has 1 heterocycles. The monoisotopic (exact) mass is 563 g/mol. The van der Waals surface area contributed by atoms with Crippen LogP contribution in [0.3, 0.4) is 0 Å². The summed E-state index contributed by atoms with van der Waals surface area (Å²) >= 11 is 0. The van der Waals surface area contributed by atoms with Crippen molar-refractivity contribution in [1.29, 1.82) is 0 Å². The zero-order valence-corrected chi connectivity index (χ0v) is 24.9. The van der Waals surface area contributed by atoms with Crippen molar-refractivity contribution in [2.24, 2.45) is 0 Å². The van der Waals surface area contributed by atoms with Gasteiger partial charge in [0.25, 0.3) is 0 Å². The maximum absolute atomic E-state index is 4.54. The molecule has 1 aromatic heterocycles. The Balaban J connectivity index is 1.41. The van der Waals surface area contributed by atoms with Gasteiger partial charge in [-0.1, -0.05) is 134 Å². The van der Waals surface area contributed by atoms with E-state index in [1.807, 2.05) is 12.4 Å². The molecule has 1 aliphatic carbocycles. The quantitative estimate of drug-likeness (QED) is 0.190. The molecule has 0 N–H and O–H groups in total. The maximum atomic E-state index is 4.54. The molecule has 1 aliphatic rings. The largest absolute Gasteiger partial charge is 0.264 e. The lowest BCUT2D eigenvalue weighted by molar-refractivity contribution is 1.05. The van der Waals surface area contributed by atoms with E-state index in [1.165, 1.54) is 82.4 Å². The molecule has 210 valence electrons. The van der Waals surface area contributed by atoms with Crippen molar-refractivity contribution < 1.29 is 0 Å². The van der Waals surface area contributed by atoms with E-state index in [4.69, 9.17) is 0 Å². The Labute approximate surface area is 258 Å². The summed E-state index contributed by atoms with van der Waals surface area (Å²) in [7, 11) is 0. The molecular formula is C43H33N. The number of pyridine rings is 1. The topological polar surface area (TPSA) is 12.9 Å². The second-order valence-corrected chi connectivity index (χ2v) is 11.7. The molecule has 0 atom stereocenters. The van der Waals surface area contributed by atoms with E-state index >= 15 is 0 Å². The summed E-state index contributed by atoms with van der Waals surface area (Å²) in [5.74, 6) is 0. The average molecular weight is 564 g/mol. The highest BCUT2D eigenvalue weighted by Crippen LogP contribution is 2.47. The van der Waals surface area contributed by atoms with Gasteiger partial charge in [-0.3, -0.25) is 4.98 Å². The molecule has 0 saturated heterocycles. The number of benzene rings is 6. The Morgan fingerprint density at radius 3 is 1.75 bits per heavy atom. The number of aromatic nitrogens is 1. The van der Waals surface area contributed by atoms with Gasteiger partial charge in [0.2, 0.25) is 0 Å². The van der Waals surface area contributed by atoms with E-state index in [1.54, 1.807) is 0 Å². The Morgan fingerprint density at radius 1 is 0.545 bits per heavy atom. The number of nitrogens with zero attached hydrogens (tertiary/aromatic N) is 1. The van der Waals surface area contributed by atoms with Crippen molar-refractivity contribution >= 4 is 37.9 Å². The number of allylic oxidation sites excluding steroid dienone is 4. The third kappa shape index (κ3) is 4.36. The first-order chi connectivity index (χ1) is 21.8. The van der Waals surface area contributed by atoms with E-state index in [0.717, 1.165) is 19.3 Å². The second-order valence-electron chi connectivity index (χ2n) is 11.7. The highest BCUT2D eigenvalue weighted by Gasteiger charge is 2.20. The molecule has 7 aromatic rings. The molecule has 0 radical (unpaired) electrons. The first kappa shape index (κ1) is 26.4. The summed E-state index contributed by atoms with van der Waals surface area (Å²) in [6.45, 7) is 2.21. The van der Waals surface area contributed by atoms with Gasteiger partial charge in [0, 0.05) is 18.0 Å². The summed E-state index contributed by atoms with van der Waals surface area (Å²) in [6.07, 6.45) is 13.8. The zero-order chi connectivity index (χ0) is 29.5. The van der Waals surface area contributed by atoms with Gasteiger partial charge < -0.3 is 0 Å². The number of rotatable bonds is 5. The third-order valence-corrected chi connectivity index (χ3v) is 9.25. The van der Waals surface area contributed by atoms with Gasteiger partial charge in [0.1, 0.15) is 0 Å². The van der Waals surface area contributed by atoms with Crippen molar-refractivity contribution in [2.75, 3.05) is 0 Å². The van der Waals surface area contributed by atoms with Gasteiger partial charge in [-0.05, 0) is 102 Å². The minimum atomic E-state index is 1.04. The Kier molecular flexibility index (Phi) is 6.65. The van der Waals surface area contributed by atoms with Gasteiger partial charge in [0.15, 0.2) is 0 Å². The fourth-order valence-corrected chi connectivity index (χ4v) is 7.10. The minimum Gasteiger partial charge on any atom is -0.264 e. The molecule has 0 bridgehead atoms. The smallest absolute Gasteiger partial charge is 0.0349 e. The lowest BCUT2D eigenvalue weighted by Gasteiger charge is -2.20. The van der Waals surface area contributed by atoms with Crippen LogP contribution in [0.1, 0.15) is 30.9 Å². The molecule has 8 rings (SSSR count). The second kappa shape index (κ2) is 11.1. The molecule has 44 heavy (non-hydrogen) atoms. The highest BCUT2D eigenvalue weighted by atomic mass is 14.6. The van der Waals surface area contributed by atoms with Gasteiger partial charge in [-0.2, -0.15) is 0 Å². The van der Waals surface area contributed by atoms with Crippen molar-refractivity contribution in [3.05, 3.63) is 157 Å². The predicted molar refractivity (Wildman–Crippen MR) is 189 cm³/mol. The van der Waals surface area contributed by atoms with Crippen LogP contribution >= 0.6 is 0 Å². The molecule has 1 heteroatoms. The Morgan fingerprint density at radius 2 is 1.14 bits per heavy atom. The van der Waals surface area contributed by atoms with E-state index in [0.29, 0.717) is 0 Å². The first-order valence-electron chi connectivity index (χ1n) is 15.7. The number of aryl methyl sites for hydroxylation is 1. The summed E-state index contributed by atoms with van der Waals surface area (Å²) in [5.41, 5.74) is 11.6. The van der Waals surface area contributed by atoms with E-state index in [-0.39, 0.29) is 0 Å². The van der Waals surface area contributed by atoms with E-state index in [9.17, 15) is 0 Å². The molecule has 1 nitrogen and oxygen atoms in total. The lowest BCUT2D eigenvalue weighted by Crippen LogP contribution is -1.95. The summed E-state index contributed by atoms with van der Waals surface area (Å²) < 4.78 is 0. The Hall–Kier alpha value is -5.27. The first-order valence-corrected chi connectivity index (χ1v) is 15.7. The standard InChI is InChI=1S/C43H33N/c1-2-29-20-22-31(23-21-29)42-36-16-8-10-18-38(36)43(39-19-11-9-17-37(39)42)40-25-24-34(32-14-6-7-15-33(32)40)35-26-27-44-28-41(35)30-12-4-3-5-13-30/h3-4,6-12,14-28H,2,5,13H2,1H3. The van der Waals surface area contributed by atoms with Crippen molar-refractivity contribution in [3.8, 4) is 33.4 Å². The molecule has 0 fully saturated rings. The third-order valence-electron chi connectivity index (χ3n) is 9.25. The van der Waals surface area contributed by atoms with Crippen LogP contribution in [0.15, 0.2) is 146 Å². The summed E-state index contributed by atoms with van der Waals surface area (Å²) in [5, 5.41) is 7.65. The van der Waals surface area contributed by atoms with Crippen molar-refractivity contribution in [3.63, 3.8) is 0 Å². The van der Waals surface area contributed by atoms with Crippen LogP contribution in [0.4, 0.5) is 0 Å². The number of fused-ring (bicyclic) bond motifs is 3. The summed E-state index contributed by atoms with van der Waals surface area (Å²) in [6, 6.07) is 42.8. The SMILES string of the molecule is CCc1ccc(-c2c3ccccc3c(-c3ccc(-c4ccncc4C4=CC=CCC4)c4ccccc34)c3ccccc23)cc1. The molecule has 0 saturated carbocycles. The molecule has 0 unspecified atom stereocenters. The van der Waals surface area contributed by atoms with Gasteiger partial charge >= 0.3 is 0 Å². The van der Waals surface area contributed by atoms with Crippen LogP contribution in [-0.4, -0.2) is 4.98 Å². The van der Waals surface area contributed by atoms with Crippen LogP contribution in [0.5, 0.6) is 0 Å². The fourth-order valence-electron chi connectivity index (χ4n) is 7.10. The summed E-state index contributed by atoms with van der Waals surface area (Å²) in [4.78, 5) is 4.54. The van der Waals surface area contributed by atoms with Crippen LogP contribution in [0.2, 0.25) is 0 Å². The maximum Gasteiger partial charge on any atom is 0.0349 e. The predicted octanol–water partition coefficient (Wildman–Crippen LogP) is 11.8. The highest BCUT2D eigenvalue weighted by molar-refractivity contribution is 6.24. The fraction of sp³-hybridized carbons (Fsp3) is 0.0930. The average Bonchev–Trinajstić information content (AvgIpc) is 3.11. The zero-order valence-electron chi connectivity index (χ0n) is 24.9. The van der Waals surface area contributed by atoms with E-state index < -0.39 is 0 Å². The van der Waals surface area contributed by atoms with Crippen molar-refractivity contribution in [2.45, 2.75) is 26.2 Å². The van der Waals surface area contributed by atoms with Gasteiger partial charge in [-0.15, -0.1) is 0 Å². The van der Waals surface area contributed by atoms with Crippen molar-refractivity contribution in [1.82, 2.24) is 4.98 Å². The molecular weight excluding hydrogens is 530 g/mol. The van der Waals surface area contributed by atoms with Crippen LogP contribution < -0.4 is 0 Å². The normalized spacial score (nSPS) is 13.1. The minimum absolute atomic E-state index is 1.04. The van der Waals surface area contributed by atoms with Crippen LogP contribution in [0, 0.1) is 0 Å². The Bertz CT molecular complexity index is 2190. The number of hydrogen-bond acceptors (Lipinski definition) is 1.